The maximum absolute atomic E-state index is 5.70. The molecule has 0 bridgehead atoms. The van der Waals surface area contributed by atoms with E-state index in [0.29, 0.717) is 12.6 Å². The molecule has 0 aliphatic rings. The Labute approximate surface area is 125 Å². The molecule has 0 saturated carbocycles. The summed E-state index contributed by atoms with van der Waals surface area (Å²) in [6.45, 7) is 7.86. The van der Waals surface area contributed by atoms with Crippen LogP contribution in [0.25, 0.3) is 10.9 Å². The molecule has 0 radical (unpaired) electrons. The number of hydrogen-bond donors (Lipinski definition) is 0. The Hall–Kier alpha value is -2.23. The predicted molar refractivity (Wildman–Crippen MR) is 84.8 cm³/mol. The number of benzene rings is 1. The van der Waals surface area contributed by atoms with Crippen LogP contribution < -0.4 is 4.74 Å². The third-order valence-electron chi connectivity index (χ3n) is 3.71. The quantitative estimate of drug-likeness (QED) is 0.712. The van der Waals surface area contributed by atoms with Crippen molar-refractivity contribution in [2.45, 2.75) is 33.4 Å². The zero-order valence-electron chi connectivity index (χ0n) is 12.8. The van der Waals surface area contributed by atoms with E-state index in [1.54, 1.807) is 0 Å². The molecule has 1 aromatic carbocycles. The van der Waals surface area contributed by atoms with Crippen LogP contribution in [0.1, 0.15) is 32.5 Å². The number of imidazole rings is 1. The van der Waals surface area contributed by atoms with Gasteiger partial charge in [0.05, 0.1) is 30.7 Å². The first-order valence-corrected chi connectivity index (χ1v) is 7.42. The molecular formula is C17H21N3O. The molecule has 110 valence electrons. The van der Waals surface area contributed by atoms with Gasteiger partial charge in [-0.2, -0.15) is 0 Å². The van der Waals surface area contributed by atoms with Crippen LogP contribution in [0, 0.1) is 0 Å². The SMILES string of the molecule is CCOc1cccc2c1ccn2Cc1cncn1C(C)C. The molecule has 0 atom stereocenters. The van der Waals surface area contributed by atoms with Gasteiger partial charge in [-0.25, -0.2) is 4.98 Å². The number of ether oxygens (including phenoxy) is 1. The number of aromatic nitrogens is 3. The lowest BCUT2D eigenvalue weighted by molar-refractivity contribution is 0.344. The molecule has 4 heteroatoms. The van der Waals surface area contributed by atoms with E-state index in [4.69, 9.17) is 4.74 Å². The van der Waals surface area contributed by atoms with Gasteiger partial charge in [0.15, 0.2) is 0 Å². The molecule has 0 fully saturated rings. The highest BCUT2D eigenvalue weighted by Crippen LogP contribution is 2.27. The average molecular weight is 283 g/mol. The summed E-state index contributed by atoms with van der Waals surface area (Å²) in [5.74, 6) is 0.950. The van der Waals surface area contributed by atoms with Crippen molar-refractivity contribution < 1.29 is 4.74 Å². The normalized spacial score (nSPS) is 11.4. The number of nitrogens with zero attached hydrogens (tertiary/aromatic N) is 3. The molecule has 0 amide bonds. The van der Waals surface area contributed by atoms with Crippen LogP contribution in [0.15, 0.2) is 43.0 Å². The van der Waals surface area contributed by atoms with Crippen LogP contribution in [-0.4, -0.2) is 20.7 Å². The molecule has 0 aliphatic heterocycles. The summed E-state index contributed by atoms with van der Waals surface area (Å²) in [5.41, 5.74) is 2.40. The van der Waals surface area contributed by atoms with Crippen LogP contribution >= 0.6 is 0 Å². The van der Waals surface area contributed by atoms with Crippen molar-refractivity contribution in [3.8, 4) is 5.75 Å². The number of hydrogen-bond acceptors (Lipinski definition) is 2. The molecule has 0 aliphatic carbocycles. The van der Waals surface area contributed by atoms with Crippen molar-refractivity contribution in [2.24, 2.45) is 0 Å². The summed E-state index contributed by atoms with van der Waals surface area (Å²) in [7, 11) is 0. The van der Waals surface area contributed by atoms with Crippen molar-refractivity contribution in [1.82, 2.24) is 14.1 Å². The van der Waals surface area contributed by atoms with Crippen LogP contribution in [-0.2, 0) is 6.54 Å². The summed E-state index contributed by atoms with van der Waals surface area (Å²) in [6.07, 6.45) is 5.96. The second kappa shape index (κ2) is 5.64. The van der Waals surface area contributed by atoms with E-state index in [1.807, 2.05) is 31.6 Å². The lowest BCUT2D eigenvalue weighted by atomic mass is 10.2. The van der Waals surface area contributed by atoms with E-state index in [1.165, 1.54) is 11.2 Å². The average Bonchev–Trinajstić information content (AvgIpc) is 3.08. The lowest BCUT2D eigenvalue weighted by Gasteiger charge is -2.13. The highest BCUT2D eigenvalue weighted by Gasteiger charge is 2.10. The van der Waals surface area contributed by atoms with Gasteiger partial charge in [-0.1, -0.05) is 6.07 Å². The fraction of sp³-hybridized carbons (Fsp3) is 0.353. The van der Waals surface area contributed by atoms with Crippen molar-refractivity contribution in [1.29, 1.82) is 0 Å². The Morgan fingerprint density at radius 3 is 2.86 bits per heavy atom. The first-order chi connectivity index (χ1) is 10.2. The summed E-state index contributed by atoms with van der Waals surface area (Å²) in [5, 5.41) is 1.16. The van der Waals surface area contributed by atoms with Crippen LogP contribution in [0.2, 0.25) is 0 Å². The Bertz CT molecular complexity index is 739. The molecule has 3 aromatic rings. The predicted octanol–water partition coefficient (Wildman–Crippen LogP) is 3.87. The second-order valence-corrected chi connectivity index (χ2v) is 5.45. The molecule has 0 saturated heterocycles. The van der Waals surface area contributed by atoms with Crippen molar-refractivity contribution in [3.05, 3.63) is 48.7 Å². The van der Waals surface area contributed by atoms with Gasteiger partial charge in [-0.05, 0) is 39.0 Å². The van der Waals surface area contributed by atoms with E-state index in [2.05, 4.69) is 46.3 Å². The molecule has 21 heavy (non-hydrogen) atoms. The molecule has 0 spiro atoms. The first kappa shape index (κ1) is 13.7. The van der Waals surface area contributed by atoms with Crippen molar-refractivity contribution >= 4 is 10.9 Å². The molecule has 4 nitrogen and oxygen atoms in total. The molecule has 0 N–H and O–H groups in total. The van der Waals surface area contributed by atoms with Gasteiger partial charge in [0.25, 0.3) is 0 Å². The summed E-state index contributed by atoms with van der Waals surface area (Å²) >= 11 is 0. The maximum Gasteiger partial charge on any atom is 0.128 e. The second-order valence-electron chi connectivity index (χ2n) is 5.45. The maximum atomic E-state index is 5.70. The van der Waals surface area contributed by atoms with Gasteiger partial charge in [-0.3, -0.25) is 0 Å². The topological polar surface area (TPSA) is 32.0 Å². The minimum absolute atomic E-state index is 0.420. The summed E-state index contributed by atoms with van der Waals surface area (Å²) < 4.78 is 10.1. The zero-order valence-corrected chi connectivity index (χ0v) is 12.8. The molecule has 3 rings (SSSR count). The van der Waals surface area contributed by atoms with Gasteiger partial charge in [0, 0.05) is 23.8 Å². The molecule has 2 aromatic heterocycles. The minimum atomic E-state index is 0.420. The fourth-order valence-electron chi connectivity index (χ4n) is 2.71. The zero-order chi connectivity index (χ0) is 14.8. The first-order valence-electron chi connectivity index (χ1n) is 7.42. The van der Waals surface area contributed by atoms with Gasteiger partial charge in [0.1, 0.15) is 5.75 Å². The highest BCUT2D eigenvalue weighted by atomic mass is 16.5. The summed E-state index contributed by atoms with van der Waals surface area (Å²) in [6, 6.07) is 8.74. The van der Waals surface area contributed by atoms with Crippen LogP contribution in [0.4, 0.5) is 0 Å². The van der Waals surface area contributed by atoms with Crippen molar-refractivity contribution in [3.63, 3.8) is 0 Å². The minimum Gasteiger partial charge on any atom is -0.493 e. The van der Waals surface area contributed by atoms with E-state index in [0.717, 1.165) is 17.7 Å². The van der Waals surface area contributed by atoms with E-state index >= 15 is 0 Å². The Kier molecular flexibility index (Phi) is 3.69. The molecule has 2 heterocycles. The number of rotatable bonds is 5. The Morgan fingerprint density at radius 1 is 1.24 bits per heavy atom. The lowest BCUT2D eigenvalue weighted by Crippen LogP contribution is -2.08. The van der Waals surface area contributed by atoms with Crippen molar-refractivity contribution in [2.75, 3.05) is 6.61 Å². The van der Waals surface area contributed by atoms with Gasteiger partial charge in [0.2, 0.25) is 0 Å². The van der Waals surface area contributed by atoms with Gasteiger partial charge in [-0.15, -0.1) is 0 Å². The standard InChI is InChI=1S/C17H21N3O/c1-4-21-17-7-5-6-16-15(17)8-9-19(16)11-14-10-18-12-20(14)13(2)3/h5-10,12-13H,4,11H2,1-3H3. The van der Waals surface area contributed by atoms with E-state index in [-0.39, 0.29) is 0 Å². The monoisotopic (exact) mass is 283 g/mol. The third kappa shape index (κ3) is 2.53. The van der Waals surface area contributed by atoms with Crippen LogP contribution in [0.3, 0.4) is 0 Å². The van der Waals surface area contributed by atoms with E-state index in [9.17, 15) is 0 Å². The highest BCUT2D eigenvalue weighted by molar-refractivity contribution is 5.86. The largest absolute Gasteiger partial charge is 0.493 e. The third-order valence-corrected chi connectivity index (χ3v) is 3.71. The summed E-state index contributed by atoms with van der Waals surface area (Å²) in [4.78, 5) is 4.28. The van der Waals surface area contributed by atoms with E-state index < -0.39 is 0 Å². The Morgan fingerprint density at radius 2 is 2.10 bits per heavy atom. The number of fused-ring (bicyclic) bond motifs is 1. The molecular weight excluding hydrogens is 262 g/mol. The smallest absolute Gasteiger partial charge is 0.128 e. The molecule has 0 unspecified atom stereocenters. The Balaban J connectivity index is 1.98. The van der Waals surface area contributed by atoms with Crippen LogP contribution in [0.5, 0.6) is 5.75 Å². The van der Waals surface area contributed by atoms with Gasteiger partial charge >= 0.3 is 0 Å². The van der Waals surface area contributed by atoms with Gasteiger partial charge < -0.3 is 13.9 Å². The fourth-order valence-corrected chi connectivity index (χ4v) is 2.71.